The molecule has 0 radical (unpaired) electrons. The van der Waals surface area contributed by atoms with Crippen molar-refractivity contribution in [3.8, 4) is 0 Å². The van der Waals surface area contributed by atoms with Crippen LogP contribution in [-0.2, 0) is 4.79 Å². The van der Waals surface area contributed by atoms with Gasteiger partial charge in [-0.3, -0.25) is 14.7 Å². The fourth-order valence-corrected chi connectivity index (χ4v) is 3.56. The molecule has 2 aromatic heterocycles. The van der Waals surface area contributed by atoms with E-state index >= 15 is 0 Å². The van der Waals surface area contributed by atoms with Gasteiger partial charge in [-0.1, -0.05) is 6.42 Å². The molecule has 3 rings (SSSR count). The molecule has 0 aromatic carbocycles. The van der Waals surface area contributed by atoms with Crippen molar-refractivity contribution in [2.24, 2.45) is 0 Å². The monoisotopic (exact) mass is 346 g/mol. The number of likely N-dealkylation sites (N-methyl/N-ethyl adjacent to an activating group) is 1. The zero-order valence-electron chi connectivity index (χ0n) is 14.0. The number of aromatic nitrogens is 3. The molecular weight excluding hydrogens is 324 g/mol. The maximum absolute atomic E-state index is 12.1. The molecule has 0 bridgehead atoms. The largest absolute Gasteiger partial charge is 0.348 e. The number of hydrogen-bond donors (Lipinski definition) is 1. The van der Waals surface area contributed by atoms with Gasteiger partial charge < -0.3 is 10.2 Å². The van der Waals surface area contributed by atoms with E-state index in [1.807, 2.05) is 0 Å². The van der Waals surface area contributed by atoms with Gasteiger partial charge in [0, 0.05) is 31.9 Å². The van der Waals surface area contributed by atoms with Gasteiger partial charge in [-0.15, -0.1) is 11.3 Å². The molecule has 1 aliphatic rings. The van der Waals surface area contributed by atoms with Crippen LogP contribution in [0, 0.1) is 0 Å². The summed E-state index contributed by atoms with van der Waals surface area (Å²) < 4.78 is 0. The number of thiazole rings is 1. The van der Waals surface area contributed by atoms with Crippen molar-refractivity contribution in [1.29, 1.82) is 0 Å². The minimum Gasteiger partial charge on any atom is -0.348 e. The maximum Gasteiger partial charge on any atom is 0.236 e. The van der Waals surface area contributed by atoms with Gasteiger partial charge in [0.05, 0.1) is 24.5 Å². The Kier molecular flexibility index (Phi) is 5.37. The van der Waals surface area contributed by atoms with Gasteiger partial charge in [0.2, 0.25) is 5.91 Å². The smallest absolute Gasteiger partial charge is 0.236 e. The number of carbonyl (C=O) groups excluding carboxylic acids is 1. The van der Waals surface area contributed by atoms with E-state index in [2.05, 4.69) is 25.6 Å². The maximum atomic E-state index is 12.1. The average molecular weight is 346 g/mol. The normalized spacial score (nSPS) is 18.3. The summed E-state index contributed by atoms with van der Waals surface area (Å²) in [6.07, 6.45) is 8.29. The third-order valence-corrected chi connectivity index (χ3v) is 4.89. The lowest BCUT2D eigenvalue weighted by Crippen LogP contribution is -2.41. The molecule has 1 unspecified atom stereocenters. The molecule has 24 heavy (non-hydrogen) atoms. The number of hydrogen-bond acceptors (Lipinski definition) is 7. The summed E-state index contributed by atoms with van der Waals surface area (Å²) in [6.45, 7) is 1.39. The Morgan fingerprint density at radius 2 is 2.29 bits per heavy atom. The Bertz CT molecular complexity index is 674. The summed E-state index contributed by atoms with van der Waals surface area (Å²) in [5.41, 5.74) is 1.03. The number of rotatable bonds is 5. The quantitative estimate of drug-likeness (QED) is 0.895. The average Bonchev–Trinajstić information content (AvgIpc) is 3.04. The predicted octanol–water partition coefficient (Wildman–Crippen LogP) is 2.29. The van der Waals surface area contributed by atoms with E-state index in [9.17, 15) is 4.79 Å². The van der Waals surface area contributed by atoms with Crippen molar-refractivity contribution in [3.05, 3.63) is 29.7 Å². The summed E-state index contributed by atoms with van der Waals surface area (Å²) in [6, 6.07) is 0.205. The highest BCUT2D eigenvalue weighted by atomic mass is 32.1. The van der Waals surface area contributed by atoms with Gasteiger partial charge in [0.1, 0.15) is 0 Å². The number of anilines is 2. The third kappa shape index (κ3) is 4.07. The number of carbonyl (C=O) groups is 1. The summed E-state index contributed by atoms with van der Waals surface area (Å²) in [5.74, 6) is 0.816. The second-order valence-corrected chi connectivity index (χ2v) is 6.92. The van der Waals surface area contributed by atoms with Crippen molar-refractivity contribution in [1.82, 2.24) is 24.8 Å². The molecule has 0 spiro atoms. The SMILES string of the molecule is CN(C)C(=O)CN1CCCCC1c1csc(Nc2cnccn2)n1. The van der Waals surface area contributed by atoms with Crippen LogP contribution in [0.4, 0.5) is 10.9 Å². The predicted molar refractivity (Wildman–Crippen MR) is 94.3 cm³/mol. The van der Waals surface area contributed by atoms with E-state index in [1.54, 1.807) is 48.9 Å². The highest BCUT2D eigenvalue weighted by molar-refractivity contribution is 7.13. The molecule has 1 saturated heterocycles. The summed E-state index contributed by atoms with van der Waals surface area (Å²) in [4.78, 5) is 28.9. The molecule has 0 aliphatic carbocycles. The van der Waals surface area contributed by atoms with Gasteiger partial charge in [0.25, 0.3) is 0 Å². The van der Waals surface area contributed by atoms with Crippen LogP contribution in [0.3, 0.4) is 0 Å². The summed E-state index contributed by atoms with van der Waals surface area (Å²) >= 11 is 1.55. The van der Waals surface area contributed by atoms with E-state index in [-0.39, 0.29) is 11.9 Å². The fourth-order valence-electron chi connectivity index (χ4n) is 2.80. The standard InChI is InChI=1S/C16H22N6OS/c1-21(2)15(23)10-22-8-4-3-5-13(22)12-11-24-16(19-12)20-14-9-17-6-7-18-14/h6-7,9,11,13H,3-5,8,10H2,1-2H3,(H,18,19,20). The molecule has 3 heterocycles. The van der Waals surface area contributed by atoms with E-state index < -0.39 is 0 Å². The Morgan fingerprint density at radius 1 is 1.42 bits per heavy atom. The lowest BCUT2D eigenvalue weighted by atomic mass is 10.00. The van der Waals surface area contributed by atoms with Crippen molar-refractivity contribution < 1.29 is 4.79 Å². The van der Waals surface area contributed by atoms with Gasteiger partial charge >= 0.3 is 0 Å². The third-order valence-electron chi connectivity index (χ3n) is 4.11. The lowest BCUT2D eigenvalue weighted by Gasteiger charge is -2.34. The molecule has 1 aliphatic heterocycles. The van der Waals surface area contributed by atoms with E-state index in [0.717, 1.165) is 30.2 Å². The van der Waals surface area contributed by atoms with Crippen LogP contribution in [0.25, 0.3) is 0 Å². The number of likely N-dealkylation sites (tertiary alicyclic amines) is 1. The Hall–Kier alpha value is -2.06. The van der Waals surface area contributed by atoms with Crippen LogP contribution in [-0.4, -0.2) is 57.8 Å². The molecule has 1 amide bonds. The van der Waals surface area contributed by atoms with Gasteiger partial charge in [-0.2, -0.15) is 0 Å². The first-order chi connectivity index (χ1) is 11.6. The second-order valence-electron chi connectivity index (χ2n) is 6.06. The van der Waals surface area contributed by atoms with Crippen LogP contribution in [0.1, 0.15) is 31.0 Å². The Labute approximate surface area is 145 Å². The van der Waals surface area contributed by atoms with Crippen molar-refractivity contribution >= 4 is 28.2 Å². The van der Waals surface area contributed by atoms with Crippen LogP contribution in [0.15, 0.2) is 24.0 Å². The fraction of sp³-hybridized carbons (Fsp3) is 0.500. The Morgan fingerprint density at radius 3 is 3.04 bits per heavy atom. The number of nitrogens with one attached hydrogen (secondary N) is 1. The lowest BCUT2D eigenvalue weighted by molar-refractivity contribution is -0.130. The van der Waals surface area contributed by atoms with Crippen LogP contribution in [0.5, 0.6) is 0 Å². The van der Waals surface area contributed by atoms with Crippen molar-refractivity contribution in [3.63, 3.8) is 0 Å². The molecule has 1 fully saturated rings. The van der Waals surface area contributed by atoms with Crippen molar-refractivity contribution in [2.45, 2.75) is 25.3 Å². The zero-order valence-corrected chi connectivity index (χ0v) is 14.8. The van der Waals surface area contributed by atoms with E-state index in [0.29, 0.717) is 12.4 Å². The number of piperidine rings is 1. The minimum absolute atomic E-state index is 0.134. The molecule has 0 saturated carbocycles. The van der Waals surface area contributed by atoms with E-state index in [4.69, 9.17) is 4.98 Å². The topological polar surface area (TPSA) is 74.2 Å². The van der Waals surface area contributed by atoms with Gasteiger partial charge in [-0.05, 0) is 19.4 Å². The molecular formula is C16H22N6OS. The van der Waals surface area contributed by atoms with Crippen LogP contribution in [0.2, 0.25) is 0 Å². The molecule has 1 atom stereocenters. The molecule has 1 N–H and O–H groups in total. The first kappa shape index (κ1) is 16.8. The van der Waals surface area contributed by atoms with Crippen molar-refractivity contribution in [2.75, 3.05) is 32.5 Å². The number of amides is 1. The summed E-state index contributed by atoms with van der Waals surface area (Å²) in [5, 5.41) is 6.05. The molecule has 8 heteroatoms. The molecule has 128 valence electrons. The highest BCUT2D eigenvalue weighted by Crippen LogP contribution is 2.33. The first-order valence-electron chi connectivity index (χ1n) is 8.06. The van der Waals surface area contributed by atoms with E-state index in [1.165, 1.54) is 6.42 Å². The molecule has 2 aromatic rings. The van der Waals surface area contributed by atoms with Gasteiger partial charge in [-0.25, -0.2) is 9.97 Å². The summed E-state index contributed by atoms with van der Waals surface area (Å²) in [7, 11) is 3.60. The van der Waals surface area contributed by atoms with Crippen LogP contribution < -0.4 is 5.32 Å². The highest BCUT2D eigenvalue weighted by Gasteiger charge is 2.28. The van der Waals surface area contributed by atoms with Crippen LogP contribution >= 0.6 is 11.3 Å². The first-order valence-corrected chi connectivity index (χ1v) is 8.94. The Balaban J connectivity index is 1.70. The minimum atomic E-state index is 0.134. The molecule has 7 nitrogen and oxygen atoms in total. The second kappa shape index (κ2) is 7.67. The van der Waals surface area contributed by atoms with Gasteiger partial charge in [0.15, 0.2) is 10.9 Å². The zero-order chi connectivity index (χ0) is 16.9. The number of nitrogens with zero attached hydrogens (tertiary/aromatic N) is 5.